The number of benzene rings is 3. The number of aromatic hydroxyl groups is 1. The number of hydrogen-bond acceptors (Lipinski definition) is 5. The fourth-order valence-electron chi connectivity index (χ4n) is 3.14. The molecule has 0 saturated heterocycles. The van der Waals surface area contributed by atoms with Gasteiger partial charge < -0.3 is 5.11 Å². The molecule has 0 aliphatic carbocycles. The molecule has 2 N–H and O–H groups in total. The number of hydrazone groups is 2. The maximum Gasteiger partial charge on any atom is 0.301 e. The van der Waals surface area contributed by atoms with Gasteiger partial charge in [-0.2, -0.15) is 15.2 Å². The van der Waals surface area contributed by atoms with Crippen LogP contribution >= 0.6 is 0 Å². The normalized spacial score (nSPS) is 15.4. The predicted molar refractivity (Wildman–Crippen MR) is 113 cm³/mol. The quantitative estimate of drug-likeness (QED) is 0.529. The Labute approximate surface area is 162 Å². The van der Waals surface area contributed by atoms with Crippen molar-refractivity contribution in [2.45, 2.75) is 20.3 Å². The zero-order valence-electron chi connectivity index (χ0n) is 15.7. The molecular weight excluding hydrogens is 352 g/mol. The van der Waals surface area contributed by atoms with Crippen LogP contribution in [0.5, 0.6) is 5.75 Å². The molecule has 0 bridgehead atoms. The first kappa shape index (κ1) is 17.7. The molecule has 0 unspecified atom stereocenters. The molecule has 0 spiro atoms. The molecule has 0 fully saturated rings. The molecule has 4 rings (SSSR count). The van der Waals surface area contributed by atoms with Gasteiger partial charge in [0.15, 0.2) is 5.71 Å². The molecular formula is C22H20N4O2. The molecule has 0 saturated carbocycles. The minimum Gasteiger partial charge on any atom is -0.505 e. The average molecular weight is 372 g/mol. The van der Waals surface area contributed by atoms with Gasteiger partial charge in [0.05, 0.1) is 17.1 Å². The van der Waals surface area contributed by atoms with Crippen LogP contribution in [0, 0.1) is 0 Å². The van der Waals surface area contributed by atoms with Crippen LogP contribution in [0.2, 0.25) is 0 Å². The van der Waals surface area contributed by atoms with Gasteiger partial charge in [0.1, 0.15) is 5.75 Å². The maximum atomic E-state index is 12.8. The first-order valence-electron chi connectivity index (χ1n) is 9.12. The van der Waals surface area contributed by atoms with Crippen molar-refractivity contribution in [1.29, 1.82) is 0 Å². The summed E-state index contributed by atoms with van der Waals surface area (Å²) in [5.74, 6) is -0.218. The monoisotopic (exact) mass is 372 g/mol. The lowest BCUT2D eigenvalue weighted by molar-refractivity contribution is -0.112. The van der Waals surface area contributed by atoms with Crippen LogP contribution in [0.3, 0.4) is 0 Å². The lowest BCUT2D eigenvalue weighted by atomic mass is 10.1. The van der Waals surface area contributed by atoms with E-state index < -0.39 is 0 Å². The molecule has 0 aromatic heterocycles. The molecule has 1 aliphatic heterocycles. The van der Waals surface area contributed by atoms with Crippen molar-refractivity contribution >= 4 is 39.5 Å². The third-order valence-corrected chi connectivity index (χ3v) is 4.77. The highest BCUT2D eigenvalue weighted by molar-refractivity contribution is 6.71. The van der Waals surface area contributed by atoms with Gasteiger partial charge in [0, 0.05) is 5.39 Å². The van der Waals surface area contributed by atoms with Crippen molar-refractivity contribution in [1.82, 2.24) is 0 Å². The summed E-state index contributed by atoms with van der Waals surface area (Å²) in [6, 6.07) is 18.8. The van der Waals surface area contributed by atoms with E-state index in [2.05, 4.69) is 22.6 Å². The number of anilines is 2. The number of aryl methyl sites for hydroxylation is 1. The average Bonchev–Trinajstić information content (AvgIpc) is 3.01. The van der Waals surface area contributed by atoms with E-state index in [-0.39, 0.29) is 17.4 Å². The maximum absolute atomic E-state index is 12.8. The second-order valence-electron chi connectivity index (χ2n) is 6.58. The van der Waals surface area contributed by atoms with Crippen LogP contribution in [0.25, 0.3) is 10.8 Å². The third kappa shape index (κ3) is 3.09. The summed E-state index contributed by atoms with van der Waals surface area (Å²) in [4.78, 5) is 12.8. The molecule has 140 valence electrons. The van der Waals surface area contributed by atoms with Crippen molar-refractivity contribution in [3.63, 3.8) is 0 Å². The number of rotatable bonds is 4. The van der Waals surface area contributed by atoms with Crippen LogP contribution < -0.4 is 10.4 Å². The molecule has 1 heterocycles. The summed E-state index contributed by atoms with van der Waals surface area (Å²) in [7, 11) is 0. The minimum atomic E-state index is -0.311. The molecule has 6 nitrogen and oxygen atoms in total. The fraction of sp³-hybridized carbons (Fsp3) is 0.136. The Morgan fingerprint density at radius 2 is 1.82 bits per heavy atom. The topological polar surface area (TPSA) is 77.3 Å². The first-order chi connectivity index (χ1) is 13.6. The molecule has 6 heteroatoms. The summed E-state index contributed by atoms with van der Waals surface area (Å²) in [6.45, 7) is 3.82. The van der Waals surface area contributed by atoms with Crippen molar-refractivity contribution in [2.24, 2.45) is 10.2 Å². The lowest BCUT2D eigenvalue weighted by Gasteiger charge is -2.12. The summed E-state index contributed by atoms with van der Waals surface area (Å²) < 4.78 is 0. The predicted octanol–water partition coefficient (Wildman–Crippen LogP) is 4.30. The van der Waals surface area contributed by atoms with Gasteiger partial charge in [-0.3, -0.25) is 10.2 Å². The van der Waals surface area contributed by atoms with Gasteiger partial charge in [-0.15, -0.1) is 0 Å². The van der Waals surface area contributed by atoms with Gasteiger partial charge in [0.25, 0.3) is 0 Å². The highest BCUT2D eigenvalue weighted by Crippen LogP contribution is 2.32. The third-order valence-electron chi connectivity index (χ3n) is 4.77. The van der Waals surface area contributed by atoms with Gasteiger partial charge >= 0.3 is 5.91 Å². The van der Waals surface area contributed by atoms with Crippen molar-refractivity contribution in [2.75, 3.05) is 10.4 Å². The number of nitrogens with zero attached hydrogens (tertiary/aromatic N) is 3. The van der Waals surface area contributed by atoms with E-state index in [0.717, 1.165) is 11.8 Å². The van der Waals surface area contributed by atoms with Crippen LogP contribution in [0.4, 0.5) is 11.4 Å². The molecule has 0 radical (unpaired) electrons. The van der Waals surface area contributed by atoms with Gasteiger partial charge in [0.2, 0.25) is 0 Å². The fourth-order valence-corrected chi connectivity index (χ4v) is 3.14. The zero-order valence-corrected chi connectivity index (χ0v) is 15.7. The van der Waals surface area contributed by atoms with Crippen molar-refractivity contribution in [3.05, 3.63) is 66.2 Å². The van der Waals surface area contributed by atoms with E-state index in [1.54, 1.807) is 13.0 Å². The Morgan fingerprint density at radius 1 is 1.07 bits per heavy atom. The van der Waals surface area contributed by atoms with Crippen molar-refractivity contribution < 1.29 is 9.90 Å². The summed E-state index contributed by atoms with van der Waals surface area (Å²) >= 11 is 0. The highest BCUT2D eigenvalue weighted by Gasteiger charge is 2.30. The molecule has 3 aromatic rings. The Morgan fingerprint density at radius 3 is 2.57 bits per heavy atom. The zero-order chi connectivity index (χ0) is 19.7. The second-order valence-corrected chi connectivity index (χ2v) is 6.58. The Balaban J connectivity index is 1.59. The van der Waals surface area contributed by atoms with E-state index in [9.17, 15) is 9.90 Å². The molecule has 28 heavy (non-hydrogen) atoms. The van der Waals surface area contributed by atoms with Gasteiger partial charge in [-0.05, 0) is 42.5 Å². The number of carbonyl (C=O) groups excluding carboxylic acids is 1. The number of amides is 1. The number of hydrogen-bond donors (Lipinski definition) is 2. The van der Waals surface area contributed by atoms with Gasteiger partial charge in [-0.25, -0.2) is 0 Å². The Bertz CT molecular complexity index is 1120. The summed E-state index contributed by atoms with van der Waals surface area (Å²) in [5, 5.41) is 22.0. The highest BCUT2D eigenvalue weighted by atomic mass is 16.3. The number of carbonyl (C=O) groups is 1. The number of fused-ring (bicyclic) bond motifs is 1. The van der Waals surface area contributed by atoms with E-state index in [1.165, 1.54) is 10.6 Å². The largest absolute Gasteiger partial charge is 0.505 e. The smallest absolute Gasteiger partial charge is 0.301 e. The SMILES string of the molecule is CCc1ccc(N2N=C(C)/C(=N/Nc3ccc4ccccc4c3O)C2=O)cc1. The van der Waals surface area contributed by atoms with E-state index in [4.69, 9.17) is 0 Å². The summed E-state index contributed by atoms with van der Waals surface area (Å²) in [5.41, 5.74) is 5.85. The number of phenols is 1. The van der Waals surface area contributed by atoms with Crippen LogP contribution in [-0.4, -0.2) is 22.4 Å². The molecule has 1 aliphatic rings. The van der Waals surface area contributed by atoms with E-state index >= 15 is 0 Å². The number of phenolic OH excluding ortho intramolecular Hbond substituents is 1. The standard InChI is InChI=1S/C22H20N4O2/c1-3-15-8-11-17(12-9-15)26-22(28)20(14(2)25-26)24-23-19-13-10-16-6-4-5-7-18(16)21(19)27/h4-13,23,27H,3H2,1-2H3/b24-20-. The first-order valence-corrected chi connectivity index (χ1v) is 9.12. The molecule has 1 amide bonds. The summed E-state index contributed by atoms with van der Waals surface area (Å²) in [6.07, 6.45) is 0.933. The molecule has 3 aromatic carbocycles. The minimum absolute atomic E-state index is 0.0921. The second kappa shape index (κ2) is 7.15. The molecule has 0 atom stereocenters. The van der Waals surface area contributed by atoms with Crippen LogP contribution in [-0.2, 0) is 11.2 Å². The van der Waals surface area contributed by atoms with Crippen LogP contribution in [0.15, 0.2) is 70.9 Å². The van der Waals surface area contributed by atoms with Gasteiger partial charge in [-0.1, -0.05) is 49.4 Å². The van der Waals surface area contributed by atoms with Crippen molar-refractivity contribution in [3.8, 4) is 5.75 Å². The van der Waals surface area contributed by atoms with E-state index in [1.807, 2.05) is 54.6 Å². The Kier molecular flexibility index (Phi) is 4.53. The van der Waals surface area contributed by atoms with Crippen LogP contribution in [0.1, 0.15) is 19.4 Å². The Hall–Kier alpha value is -3.67. The lowest BCUT2D eigenvalue weighted by Crippen LogP contribution is -2.27. The number of nitrogens with one attached hydrogen (secondary N) is 1. The van der Waals surface area contributed by atoms with E-state index in [0.29, 0.717) is 22.5 Å².